The molecule has 1 saturated heterocycles. The van der Waals surface area contributed by atoms with Gasteiger partial charge in [-0.3, -0.25) is 9.69 Å². The highest BCUT2D eigenvalue weighted by Crippen LogP contribution is 2.24. The molecular weight excluding hydrogens is 202 g/mol. The van der Waals surface area contributed by atoms with Crippen LogP contribution in [-0.4, -0.2) is 42.0 Å². The van der Waals surface area contributed by atoms with Gasteiger partial charge in [-0.25, -0.2) is 0 Å². The molecule has 1 aliphatic rings. The van der Waals surface area contributed by atoms with Crippen LogP contribution in [0.1, 0.15) is 41.0 Å². The molecule has 0 aliphatic carbocycles. The Bertz CT molecular complexity index is 238. The van der Waals surface area contributed by atoms with Crippen molar-refractivity contribution in [2.75, 3.05) is 13.2 Å². The Morgan fingerprint density at radius 2 is 2.00 bits per heavy atom. The summed E-state index contributed by atoms with van der Waals surface area (Å²) in [4.78, 5) is 14.0. The van der Waals surface area contributed by atoms with Crippen LogP contribution >= 0.6 is 0 Å². The smallest absolute Gasteiger partial charge is 0.149 e. The van der Waals surface area contributed by atoms with Crippen molar-refractivity contribution in [3.8, 4) is 0 Å². The number of hydrogen-bond donors (Lipinski definition) is 0. The maximum absolute atomic E-state index is 11.7. The third-order valence-electron chi connectivity index (χ3n) is 3.10. The molecule has 0 spiro atoms. The van der Waals surface area contributed by atoms with E-state index in [4.69, 9.17) is 4.74 Å². The first kappa shape index (κ1) is 13.7. The van der Waals surface area contributed by atoms with Crippen molar-refractivity contribution in [3.63, 3.8) is 0 Å². The number of rotatable bonds is 5. The maximum Gasteiger partial charge on any atom is 0.149 e. The Morgan fingerprint density at radius 3 is 2.44 bits per heavy atom. The van der Waals surface area contributed by atoms with Crippen LogP contribution in [0.5, 0.6) is 0 Å². The summed E-state index contributed by atoms with van der Waals surface area (Å²) >= 11 is 0. The lowest BCUT2D eigenvalue weighted by atomic mass is 10.1. The third kappa shape index (κ3) is 3.29. The molecule has 2 atom stereocenters. The molecule has 0 aromatic heterocycles. The summed E-state index contributed by atoms with van der Waals surface area (Å²) in [7, 11) is 0. The topological polar surface area (TPSA) is 29.5 Å². The van der Waals surface area contributed by atoms with E-state index in [1.807, 2.05) is 0 Å². The molecule has 0 unspecified atom stereocenters. The fourth-order valence-electron chi connectivity index (χ4n) is 2.35. The number of ether oxygens (including phenoxy) is 1. The van der Waals surface area contributed by atoms with Crippen molar-refractivity contribution in [2.45, 2.75) is 59.2 Å². The summed E-state index contributed by atoms with van der Waals surface area (Å²) in [5.74, 6) is 0.765. The molecule has 3 nitrogen and oxygen atoms in total. The Hall–Kier alpha value is -0.410. The van der Waals surface area contributed by atoms with Crippen molar-refractivity contribution < 1.29 is 9.53 Å². The van der Waals surface area contributed by atoms with E-state index in [1.165, 1.54) is 0 Å². The number of carbonyl (C=O) groups excluding carboxylic acids is 1. The van der Waals surface area contributed by atoms with Gasteiger partial charge in [-0.1, -0.05) is 13.8 Å². The van der Waals surface area contributed by atoms with Crippen LogP contribution in [-0.2, 0) is 9.53 Å². The van der Waals surface area contributed by atoms with Crippen LogP contribution in [0.15, 0.2) is 0 Å². The lowest BCUT2D eigenvalue weighted by molar-refractivity contribution is -0.126. The normalized spacial score (nSPS) is 26.9. The van der Waals surface area contributed by atoms with Gasteiger partial charge in [-0.15, -0.1) is 0 Å². The highest BCUT2D eigenvalue weighted by atomic mass is 16.5. The number of carbonyl (C=O) groups is 1. The molecule has 1 rings (SSSR count). The van der Waals surface area contributed by atoms with Crippen molar-refractivity contribution in [2.24, 2.45) is 5.92 Å². The summed E-state index contributed by atoms with van der Waals surface area (Å²) in [5.41, 5.74) is 0. The molecule has 3 heteroatoms. The first-order chi connectivity index (χ1) is 7.43. The van der Waals surface area contributed by atoms with Gasteiger partial charge in [0.1, 0.15) is 5.78 Å². The van der Waals surface area contributed by atoms with E-state index in [1.54, 1.807) is 6.92 Å². The molecular formula is C13H25NO2. The summed E-state index contributed by atoms with van der Waals surface area (Å²) < 4.78 is 5.86. The molecule has 0 bridgehead atoms. The Balaban J connectivity index is 2.61. The van der Waals surface area contributed by atoms with Gasteiger partial charge in [-0.05, 0) is 33.1 Å². The summed E-state index contributed by atoms with van der Waals surface area (Å²) in [6.07, 6.45) is 1.08. The molecule has 0 aromatic rings. The number of likely N-dealkylation sites (tertiary alicyclic amines) is 1. The van der Waals surface area contributed by atoms with Gasteiger partial charge in [0.05, 0.1) is 12.1 Å². The first-order valence-corrected chi connectivity index (χ1v) is 6.31. The molecule has 1 heterocycles. The van der Waals surface area contributed by atoms with Gasteiger partial charge in [0.2, 0.25) is 0 Å². The zero-order chi connectivity index (χ0) is 12.3. The van der Waals surface area contributed by atoms with Crippen LogP contribution in [0.4, 0.5) is 0 Å². The molecule has 1 aliphatic heterocycles. The highest BCUT2D eigenvalue weighted by molar-refractivity contribution is 5.82. The number of ketones is 1. The average molecular weight is 227 g/mol. The van der Waals surface area contributed by atoms with Crippen molar-refractivity contribution in [3.05, 3.63) is 0 Å². The zero-order valence-corrected chi connectivity index (χ0v) is 11.2. The van der Waals surface area contributed by atoms with Crippen molar-refractivity contribution in [1.29, 1.82) is 0 Å². The fraction of sp³-hybridized carbons (Fsp3) is 0.923. The molecule has 94 valence electrons. The monoisotopic (exact) mass is 227 g/mol. The van der Waals surface area contributed by atoms with E-state index >= 15 is 0 Å². The second-order valence-electron chi connectivity index (χ2n) is 5.44. The van der Waals surface area contributed by atoms with E-state index in [0.29, 0.717) is 12.0 Å². The second kappa shape index (κ2) is 5.78. The first-order valence-electron chi connectivity index (χ1n) is 6.31. The standard InChI is InChI=1S/C13H25NO2/c1-9(2)8-16-12-6-7-14(10(3)4)13(12)11(5)15/h9-10,12-13H,6-8H2,1-5H3/t12-,13+/m0/s1. The Labute approximate surface area is 99.1 Å². The quantitative estimate of drug-likeness (QED) is 0.720. The van der Waals surface area contributed by atoms with Gasteiger partial charge in [0.15, 0.2) is 0 Å². The molecule has 0 N–H and O–H groups in total. The van der Waals surface area contributed by atoms with Gasteiger partial charge in [0.25, 0.3) is 0 Å². The summed E-state index contributed by atoms with van der Waals surface area (Å²) in [6, 6.07) is 0.389. The van der Waals surface area contributed by atoms with Gasteiger partial charge in [0, 0.05) is 19.2 Å². The van der Waals surface area contributed by atoms with E-state index in [0.717, 1.165) is 19.6 Å². The average Bonchev–Trinajstić information content (AvgIpc) is 2.57. The van der Waals surface area contributed by atoms with Gasteiger partial charge in [-0.2, -0.15) is 0 Å². The predicted octanol–water partition coefficient (Wildman–Crippen LogP) is 2.10. The van der Waals surface area contributed by atoms with Crippen LogP contribution in [0, 0.1) is 5.92 Å². The van der Waals surface area contributed by atoms with Crippen LogP contribution in [0.25, 0.3) is 0 Å². The molecule has 1 fully saturated rings. The largest absolute Gasteiger partial charge is 0.376 e. The zero-order valence-electron chi connectivity index (χ0n) is 11.2. The van der Waals surface area contributed by atoms with Gasteiger partial charge < -0.3 is 4.74 Å². The highest BCUT2D eigenvalue weighted by Gasteiger charge is 2.39. The fourth-order valence-corrected chi connectivity index (χ4v) is 2.35. The second-order valence-corrected chi connectivity index (χ2v) is 5.44. The van der Waals surface area contributed by atoms with Gasteiger partial charge >= 0.3 is 0 Å². The van der Waals surface area contributed by atoms with E-state index < -0.39 is 0 Å². The molecule has 0 aromatic carbocycles. The Kier molecular flexibility index (Phi) is 4.93. The SMILES string of the molecule is CC(=O)[C@@H]1[C@@H](OCC(C)C)CCN1C(C)C. The number of Topliss-reactive ketones (excluding diaryl/α,β-unsaturated/α-hetero) is 1. The van der Waals surface area contributed by atoms with Crippen molar-refractivity contribution in [1.82, 2.24) is 4.90 Å². The van der Waals surface area contributed by atoms with E-state index in [9.17, 15) is 4.79 Å². The Morgan fingerprint density at radius 1 is 1.38 bits per heavy atom. The van der Waals surface area contributed by atoms with Crippen molar-refractivity contribution >= 4 is 5.78 Å². The van der Waals surface area contributed by atoms with E-state index in [-0.39, 0.29) is 17.9 Å². The minimum Gasteiger partial charge on any atom is -0.376 e. The minimum absolute atomic E-state index is 0.0289. The molecule has 16 heavy (non-hydrogen) atoms. The predicted molar refractivity (Wildman–Crippen MR) is 65.5 cm³/mol. The molecule has 0 radical (unpaired) electrons. The lowest BCUT2D eigenvalue weighted by Gasteiger charge is -2.29. The molecule has 0 saturated carbocycles. The number of nitrogens with zero attached hydrogens (tertiary/aromatic N) is 1. The van der Waals surface area contributed by atoms with Crippen LogP contribution in [0.2, 0.25) is 0 Å². The summed E-state index contributed by atoms with van der Waals surface area (Å²) in [5, 5.41) is 0. The summed E-state index contributed by atoms with van der Waals surface area (Å²) in [6.45, 7) is 12.0. The number of hydrogen-bond acceptors (Lipinski definition) is 3. The third-order valence-corrected chi connectivity index (χ3v) is 3.10. The molecule has 0 amide bonds. The maximum atomic E-state index is 11.7. The lowest BCUT2D eigenvalue weighted by Crippen LogP contribution is -2.45. The minimum atomic E-state index is -0.0289. The van der Waals surface area contributed by atoms with E-state index in [2.05, 4.69) is 32.6 Å². The van der Waals surface area contributed by atoms with Crippen LogP contribution < -0.4 is 0 Å². The van der Waals surface area contributed by atoms with Crippen LogP contribution in [0.3, 0.4) is 0 Å².